The molecule has 4 aromatic heterocycles. The van der Waals surface area contributed by atoms with Gasteiger partial charge in [-0.1, -0.05) is 12.1 Å². The molecule has 0 bridgehead atoms. The van der Waals surface area contributed by atoms with Crippen molar-refractivity contribution < 1.29 is 19.1 Å². The fourth-order valence-corrected chi connectivity index (χ4v) is 5.18. The van der Waals surface area contributed by atoms with Crippen molar-refractivity contribution in [2.24, 2.45) is 0 Å². The van der Waals surface area contributed by atoms with E-state index in [1.165, 1.54) is 0 Å². The number of aryl methyl sites for hydroxylation is 2. The van der Waals surface area contributed by atoms with E-state index in [0.29, 0.717) is 71.6 Å². The van der Waals surface area contributed by atoms with Crippen LogP contribution in [-0.2, 0) is 13.1 Å². The van der Waals surface area contributed by atoms with Crippen LogP contribution in [0.2, 0.25) is 0 Å². The molecule has 0 spiro atoms. The number of ether oxygens (including phenoxy) is 2. The highest BCUT2D eigenvalue weighted by molar-refractivity contribution is 6.04. The molecule has 0 saturated heterocycles. The van der Waals surface area contributed by atoms with Gasteiger partial charge in [-0.05, 0) is 73.5 Å². The quantitative estimate of drug-likeness (QED) is 0.142. The number of amides is 2. The number of benzene rings is 2. The van der Waals surface area contributed by atoms with E-state index in [1.54, 1.807) is 84.8 Å². The zero-order valence-electron chi connectivity index (χ0n) is 26.5. The van der Waals surface area contributed by atoms with E-state index in [4.69, 9.17) is 19.7 Å². The summed E-state index contributed by atoms with van der Waals surface area (Å²) in [6.45, 7) is 0.936. The van der Waals surface area contributed by atoms with Crippen molar-refractivity contribution >= 4 is 23.2 Å². The summed E-state index contributed by atoms with van der Waals surface area (Å²) in [5.41, 5.74) is 5.10. The number of anilines is 2. The van der Waals surface area contributed by atoms with Gasteiger partial charge in [0.1, 0.15) is 22.9 Å². The van der Waals surface area contributed by atoms with Crippen molar-refractivity contribution in [3.63, 3.8) is 0 Å². The largest absolute Gasteiger partial charge is 0.497 e. The molecule has 6 aromatic rings. The van der Waals surface area contributed by atoms with Crippen LogP contribution in [0.1, 0.15) is 33.8 Å². The molecular weight excluding hydrogens is 608 g/mol. The highest BCUT2D eigenvalue weighted by atomic mass is 16.5. The molecule has 6 rings (SSSR count). The van der Waals surface area contributed by atoms with Gasteiger partial charge in [-0.3, -0.25) is 28.9 Å². The standard InChI is InChI=1S/C36H34N8O4/c1-47-29-9-5-7-27(21-29)39-35(45)33-23-31(25-11-15-37-16-12-25)41-43(33)19-3-4-20-44-34(24-32(42-44)26-13-17-38-18-14-26)36(46)40-28-8-6-10-30(22-28)48-2/h5-18,21-24H,3-4,19-20H2,1-2H3,(H,39,45)(H,40,46). The number of unbranched alkanes of at least 4 members (excludes halogenated alkanes) is 1. The number of nitrogens with one attached hydrogen (secondary N) is 2. The van der Waals surface area contributed by atoms with Gasteiger partial charge in [0, 0.05) is 72.5 Å². The van der Waals surface area contributed by atoms with Crippen molar-refractivity contribution in [3.05, 3.63) is 121 Å². The number of hydrogen-bond acceptors (Lipinski definition) is 8. The Kier molecular flexibility index (Phi) is 9.81. The number of carbonyl (C=O) groups is 2. The molecule has 0 aliphatic rings. The molecule has 242 valence electrons. The van der Waals surface area contributed by atoms with Crippen molar-refractivity contribution in [2.45, 2.75) is 25.9 Å². The second-order valence-corrected chi connectivity index (χ2v) is 10.8. The Balaban J connectivity index is 1.19. The van der Waals surface area contributed by atoms with Crippen LogP contribution < -0.4 is 20.1 Å². The molecule has 4 heterocycles. The summed E-state index contributed by atoms with van der Waals surface area (Å²) in [5.74, 6) is 0.699. The van der Waals surface area contributed by atoms with Crippen LogP contribution in [-0.4, -0.2) is 55.6 Å². The molecule has 0 saturated carbocycles. The van der Waals surface area contributed by atoms with Gasteiger partial charge in [-0.2, -0.15) is 10.2 Å². The summed E-state index contributed by atoms with van der Waals surface area (Å²) in [7, 11) is 3.16. The molecule has 0 aliphatic carbocycles. The third kappa shape index (κ3) is 7.56. The van der Waals surface area contributed by atoms with Gasteiger partial charge in [0.05, 0.1) is 25.6 Å². The SMILES string of the molecule is COc1cccc(NC(=O)c2cc(-c3ccncc3)nn2CCCCn2nc(-c3ccncc3)cc2C(=O)Nc2cccc(OC)c2)c1. The molecule has 12 nitrogen and oxygen atoms in total. The summed E-state index contributed by atoms with van der Waals surface area (Å²) >= 11 is 0. The van der Waals surface area contributed by atoms with Gasteiger partial charge in [-0.15, -0.1) is 0 Å². The Morgan fingerprint density at radius 1 is 0.604 bits per heavy atom. The Morgan fingerprint density at radius 3 is 1.42 bits per heavy atom. The van der Waals surface area contributed by atoms with Gasteiger partial charge in [0.15, 0.2) is 0 Å². The maximum atomic E-state index is 13.5. The first-order valence-electron chi connectivity index (χ1n) is 15.4. The lowest BCUT2D eigenvalue weighted by atomic mass is 10.2. The van der Waals surface area contributed by atoms with Gasteiger partial charge in [-0.25, -0.2) is 0 Å². The zero-order valence-corrected chi connectivity index (χ0v) is 26.5. The summed E-state index contributed by atoms with van der Waals surface area (Å²) in [6, 6.07) is 25.4. The number of carbonyl (C=O) groups excluding carboxylic acids is 2. The molecule has 0 unspecified atom stereocenters. The number of pyridine rings is 2. The highest BCUT2D eigenvalue weighted by Gasteiger charge is 2.19. The minimum Gasteiger partial charge on any atom is -0.497 e. The molecule has 48 heavy (non-hydrogen) atoms. The number of hydrogen-bond donors (Lipinski definition) is 2. The fraction of sp³-hybridized carbons (Fsp3) is 0.167. The van der Waals surface area contributed by atoms with Gasteiger partial charge >= 0.3 is 0 Å². The maximum absolute atomic E-state index is 13.5. The second kappa shape index (κ2) is 14.9. The number of methoxy groups -OCH3 is 2. The van der Waals surface area contributed by atoms with Crippen molar-refractivity contribution in [1.29, 1.82) is 0 Å². The Morgan fingerprint density at radius 2 is 1.02 bits per heavy atom. The first kappa shape index (κ1) is 31.7. The van der Waals surface area contributed by atoms with E-state index in [0.717, 1.165) is 11.1 Å². The van der Waals surface area contributed by atoms with Crippen LogP contribution in [0.5, 0.6) is 11.5 Å². The van der Waals surface area contributed by atoms with E-state index < -0.39 is 0 Å². The zero-order chi connectivity index (χ0) is 33.3. The van der Waals surface area contributed by atoms with Crippen molar-refractivity contribution in [1.82, 2.24) is 29.5 Å². The van der Waals surface area contributed by atoms with E-state index in [9.17, 15) is 9.59 Å². The second-order valence-electron chi connectivity index (χ2n) is 10.8. The Bertz CT molecular complexity index is 1860. The average Bonchev–Trinajstić information content (AvgIpc) is 3.76. The maximum Gasteiger partial charge on any atom is 0.273 e. The topological polar surface area (TPSA) is 138 Å². The molecule has 0 atom stereocenters. The predicted molar refractivity (Wildman–Crippen MR) is 182 cm³/mol. The van der Waals surface area contributed by atoms with Crippen LogP contribution in [0.3, 0.4) is 0 Å². The molecule has 0 radical (unpaired) electrons. The molecular formula is C36H34N8O4. The molecule has 2 aromatic carbocycles. The fourth-order valence-electron chi connectivity index (χ4n) is 5.18. The summed E-state index contributed by atoms with van der Waals surface area (Å²) in [5, 5.41) is 15.5. The van der Waals surface area contributed by atoms with Crippen molar-refractivity contribution in [3.8, 4) is 34.0 Å². The monoisotopic (exact) mass is 642 g/mol. The lowest BCUT2D eigenvalue weighted by Crippen LogP contribution is -2.19. The van der Waals surface area contributed by atoms with Gasteiger partial charge in [0.25, 0.3) is 11.8 Å². The lowest BCUT2D eigenvalue weighted by molar-refractivity contribution is 0.100. The highest BCUT2D eigenvalue weighted by Crippen LogP contribution is 2.24. The third-order valence-corrected chi connectivity index (χ3v) is 7.62. The number of aromatic nitrogens is 6. The first-order valence-corrected chi connectivity index (χ1v) is 15.4. The molecule has 0 fully saturated rings. The summed E-state index contributed by atoms with van der Waals surface area (Å²) < 4.78 is 14.0. The van der Waals surface area contributed by atoms with Crippen LogP contribution in [0, 0.1) is 0 Å². The molecule has 2 amide bonds. The minimum atomic E-state index is -0.290. The Hall–Kier alpha value is -6.30. The van der Waals surface area contributed by atoms with E-state index >= 15 is 0 Å². The lowest BCUT2D eigenvalue weighted by Gasteiger charge is -2.11. The minimum absolute atomic E-state index is 0.290. The first-order chi connectivity index (χ1) is 23.5. The van der Waals surface area contributed by atoms with Crippen LogP contribution in [0.15, 0.2) is 110 Å². The van der Waals surface area contributed by atoms with Crippen LogP contribution in [0.25, 0.3) is 22.5 Å². The Labute approximate surface area is 277 Å². The van der Waals surface area contributed by atoms with Crippen LogP contribution in [0.4, 0.5) is 11.4 Å². The predicted octanol–water partition coefficient (Wildman–Crippen LogP) is 6.21. The molecule has 0 aliphatic heterocycles. The third-order valence-electron chi connectivity index (χ3n) is 7.62. The molecule has 12 heteroatoms. The van der Waals surface area contributed by atoms with Gasteiger partial charge < -0.3 is 20.1 Å². The van der Waals surface area contributed by atoms with Gasteiger partial charge in [0.2, 0.25) is 0 Å². The van der Waals surface area contributed by atoms with E-state index in [-0.39, 0.29) is 11.8 Å². The van der Waals surface area contributed by atoms with Crippen LogP contribution >= 0.6 is 0 Å². The average molecular weight is 643 g/mol. The summed E-state index contributed by atoms with van der Waals surface area (Å²) in [6.07, 6.45) is 8.09. The number of rotatable bonds is 13. The van der Waals surface area contributed by atoms with Crippen molar-refractivity contribution in [2.75, 3.05) is 24.9 Å². The van der Waals surface area contributed by atoms with E-state index in [1.807, 2.05) is 48.5 Å². The molecule has 2 N–H and O–H groups in total. The summed E-state index contributed by atoms with van der Waals surface area (Å²) in [4.78, 5) is 35.2. The smallest absolute Gasteiger partial charge is 0.273 e. The van der Waals surface area contributed by atoms with E-state index in [2.05, 4.69) is 20.6 Å². The normalized spacial score (nSPS) is 10.8. The number of nitrogens with zero attached hydrogens (tertiary/aromatic N) is 6.